The molecule has 1 aliphatic heterocycles. The largest absolute Gasteiger partial charge is 0.357 e. The predicted molar refractivity (Wildman–Crippen MR) is 149 cm³/mol. The minimum atomic E-state index is 0.219. The summed E-state index contributed by atoms with van der Waals surface area (Å²) in [7, 11) is 1.50. The van der Waals surface area contributed by atoms with E-state index >= 15 is 0 Å². The van der Waals surface area contributed by atoms with Crippen molar-refractivity contribution in [2.24, 2.45) is 10.7 Å². The van der Waals surface area contributed by atoms with E-state index in [0.717, 1.165) is 31.0 Å². The minimum absolute atomic E-state index is 0.219. The van der Waals surface area contributed by atoms with Crippen LogP contribution >= 0.6 is 0 Å². The van der Waals surface area contributed by atoms with Crippen molar-refractivity contribution in [1.29, 1.82) is 0 Å². The van der Waals surface area contributed by atoms with Gasteiger partial charge in [-0.05, 0) is 92.7 Å². The molecule has 3 nitrogen and oxygen atoms in total. The fourth-order valence-electron chi connectivity index (χ4n) is 4.73. The standard InChI is InChI=1S/C27H40N2.C2H6.CH5N/c1-8-12-24(29-17-10-11-18-29)28-25(20(3)9-2)21-13-14-22-23(19-21)27(6,7)16-15-26(22,4)5;2*1-2/h8,12-14,19H,9-11,15-18H2,1-7H3;1-2H3;2H2,1H3/b12-8-,25-20+,28-24-;;. The first-order chi connectivity index (χ1) is 15.7. The SMILES string of the molecule is CC.CN.C\C=C/C(=N/C(=C(\C)CC)c1ccc2c(c1)C(C)(C)CCC2(C)C)N1CCCC1. The van der Waals surface area contributed by atoms with Crippen molar-refractivity contribution >= 4 is 11.5 Å². The van der Waals surface area contributed by atoms with Crippen LogP contribution in [0, 0.1) is 0 Å². The highest BCUT2D eigenvalue weighted by molar-refractivity contribution is 5.97. The first-order valence-corrected chi connectivity index (χ1v) is 13.1. The van der Waals surface area contributed by atoms with Crippen LogP contribution in [0.5, 0.6) is 0 Å². The summed E-state index contributed by atoms with van der Waals surface area (Å²) in [6.45, 7) is 22.4. The number of amidine groups is 1. The molecule has 2 N–H and O–H groups in total. The number of nitrogens with two attached hydrogens (primary N) is 1. The van der Waals surface area contributed by atoms with Gasteiger partial charge in [0.25, 0.3) is 0 Å². The number of allylic oxidation sites excluding steroid dienone is 2. The zero-order chi connectivity index (χ0) is 25.2. The molecule has 0 saturated carbocycles. The van der Waals surface area contributed by atoms with Gasteiger partial charge in [0.15, 0.2) is 0 Å². The van der Waals surface area contributed by atoms with Crippen LogP contribution in [-0.2, 0) is 10.8 Å². The summed E-state index contributed by atoms with van der Waals surface area (Å²) in [5.41, 5.74) is 11.8. The van der Waals surface area contributed by atoms with E-state index in [4.69, 9.17) is 4.99 Å². The molecule has 1 fully saturated rings. The van der Waals surface area contributed by atoms with Crippen LogP contribution in [0.4, 0.5) is 0 Å². The molecule has 1 aromatic carbocycles. The third kappa shape index (κ3) is 7.06. The van der Waals surface area contributed by atoms with Crippen molar-refractivity contribution in [3.63, 3.8) is 0 Å². The van der Waals surface area contributed by atoms with Crippen LogP contribution in [0.15, 0.2) is 40.9 Å². The van der Waals surface area contributed by atoms with Crippen molar-refractivity contribution < 1.29 is 0 Å². The van der Waals surface area contributed by atoms with Crippen LogP contribution in [0.25, 0.3) is 5.70 Å². The molecule has 0 atom stereocenters. The lowest BCUT2D eigenvalue weighted by molar-refractivity contribution is 0.332. The summed E-state index contributed by atoms with van der Waals surface area (Å²) in [5.74, 6) is 1.12. The van der Waals surface area contributed by atoms with Gasteiger partial charge in [0.1, 0.15) is 5.84 Å². The van der Waals surface area contributed by atoms with Gasteiger partial charge in [-0.3, -0.25) is 0 Å². The van der Waals surface area contributed by atoms with Gasteiger partial charge in [0.05, 0.1) is 5.70 Å². The highest BCUT2D eigenvalue weighted by atomic mass is 15.2. The molecule has 1 aromatic rings. The Morgan fingerprint density at radius 3 is 2.06 bits per heavy atom. The Morgan fingerprint density at radius 1 is 1.00 bits per heavy atom. The second-order valence-corrected chi connectivity index (χ2v) is 10.2. The summed E-state index contributed by atoms with van der Waals surface area (Å²) in [5, 5.41) is 0. The van der Waals surface area contributed by atoms with Crippen LogP contribution in [0.1, 0.15) is 111 Å². The van der Waals surface area contributed by atoms with Crippen molar-refractivity contribution in [1.82, 2.24) is 4.90 Å². The molecule has 3 heteroatoms. The zero-order valence-corrected chi connectivity index (χ0v) is 23.3. The molecular weight excluding hydrogens is 402 g/mol. The van der Waals surface area contributed by atoms with Gasteiger partial charge in [-0.2, -0.15) is 0 Å². The lowest BCUT2D eigenvalue weighted by Gasteiger charge is -2.42. The number of aliphatic imine (C=N–C) groups is 1. The maximum Gasteiger partial charge on any atom is 0.128 e. The molecule has 0 bridgehead atoms. The van der Waals surface area contributed by atoms with Gasteiger partial charge in [-0.1, -0.05) is 66.7 Å². The lowest BCUT2D eigenvalue weighted by Crippen LogP contribution is -2.33. The van der Waals surface area contributed by atoms with Crippen molar-refractivity contribution in [3.8, 4) is 0 Å². The molecule has 33 heavy (non-hydrogen) atoms. The summed E-state index contributed by atoms with van der Waals surface area (Å²) in [6.07, 6.45) is 10.3. The summed E-state index contributed by atoms with van der Waals surface area (Å²) in [6, 6.07) is 7.15. The van der Waals surface area contributed by atoms with Gasteiger partial charge in [0.2, 0.25) is 0 Å². The predicted octanol–water partition coefficient (Wildman–Crippen LogP) is 7.85. The average Bonchev–Trinajstić information content (AvgIpc) is 3.36. The van der Waals surface area contributed by atoms with Crippen molar-refractivity contribution in [2.75, 3.05) is 20.1 Å². The van der Waals surface area contributed by atoms with Gasteiger partial charge in [-0.25, -0.2) is 4.99 Å². The Kier molecular flexibility index (Phi) is 11.6. The number of fused-ring (bicyclic) bond motifs is 1. The third-order valence-corrected chi connectivity index (χ3v) is 7.03. The van der Waals surface area contributed by atoms with E-state index < -0.39 is 0 Å². The molecule has 2 aliphatic rings. The normalized spacial score (nSPS) is 19.7. The maximum absolute atomic E-state index is 5.26. The number of hydrogen-bond donors (Lipinski definition) is 1. The molecular formula is C30H51N3. The average molecular weight is 454 g/mol. The quantitative estimate of drug-likeness (QED) is 0.372. The first-order valence-electron chi connectivity index (χ1n) is 13.1. The number of likely N-dealkylation sites (tertiary alicyclic amines) is 1. The van der Waals surface area contributed by atoms with E-state index in [1.807, 2.05) is 13.8 Å². The van der Waals surface area contributed by atoms with E-state index in [1.165, 1.54) is 55.0 Å². The molecule has 0 spiro atoms. The summed E-state index contributed by atoms with van der Waals surface area (Å²) < 4.78 is 0. The zero-order valence-electron chi connectivity index (χ0n) is 23.3. The molecule has 0 unspecified atom stereocenters. The highest BCUT2D eigenvalue weighted by Gasteiger charge is 2.37. The van der Waals surface area contributed by atoms with E-state index in [1.54, 1.807) is 0 Å². The van der Waals surface area contributed by atoms with Gasteiger partial charge in [0, 0.05) is 18.7 Å². The molecule has 0 radical (unpaired) electrons. The number of hydrogen-bond acceptors (Lipinski definition) is 2. The molecule has 186 valence electrons. The van der Waals surface area contributed by atoms with E-state index in [2.05, 4.69) is 89.5 Å². The molecule has 0 amide bonds. The Balaban J connectivity index is 0.00000129. The Hall–Kier alpha value is -1.87. The van der Waals surface area contributed by atoms with E-state index in [-0.39, 0.29) is 10.8 Å². The highest BCUT2D eigenvalue weighted by Crippen LogP contribution is 2.46. The fourth-order valence-corrected chi connectivity index (χ4v) is 4.73. The van der Waals surface area contributed by atoms with Crippen LogP contribution in [0.3, 0.4) is 0 Å². The monoisotopic (exact) mass is 453 g/mol. The maximum atomic E-state index is 5.26. The van der Waals surface area contributed by atoms with E-state index in [0.29, 0.717) is 0 Å². The third-order valence-electron chi connectivity index (χ3n) is 7.03. The van der Waals surface area contributed by atoms with Crippen LogP contribution in [0.2, 0.25) is 0 Å². The second kappa shape index (κ2) is 13.1. The molecule has 3 rings (SSSR count). The van der Waals surface area contributed by atoms with Gasteiger partial charge >= 0.3 is 0 Å². The molecule has 1 heterocycles. The summed E-state index contributed by atoms with van der Waals surface area (Å²) >= 11 is 0. The fraction of sp³-hybridized carbons (Fsp3) is 0.633. The number of nitrogens with zero attached hydrogens (tertiary/aromatic N) is 2. The van der Waals surface area contributed by atoms with Gasteiger partial charge < -0.3 is 10.6 Å². The molecule has 0 aromatic heterocycles. The number of benzene rings is 1. The topological polar surface area (TPSA) is 41.6 Å². The smallest absolute Gasteiger partial charge is 0.128 e. The van der Waals surface area contributed by atoms with Crippen molar-refractivity contribution in [2.45, 2.75) is 105 Å². The van der Waals surface area contributed by atoms with Crippen LogP contribution in [-0.4, -0.2) is 30.9 Å². The Bertz CT molecular complexity index is 834. The Labute approximate surface area is 205 Å². The molecule has 1 saturated heterocycles. The number of rotatable bonds is 4. The Morgan fingerprint density at radius 2 is 1.55 bits per heavy atom. The second-order valence-electron chi connectivity index (χ2n) is 10.2. The van der Waals surface area contributed by atoms with E-state index in [9.17, 15) is 0 Å². The lowest BCUT2D eigenvalue weighted by atomic mass is 9.63. The molecule has 1 aliphatic carbocycles. The van der Waals surface area contributed by atoms with Crippen molar-refractivity contribution in [3.05, 3.63) is 52.6 Å². The van der Waals surface area contributed by atoms with Crippen LogP contribution < -0.4 is 5.73 Å². The van der Waals surface area contributed by atoms with Gasteiger partial charge in [-0.15, -0.1) is 0 Å². The minimum Gasteiger partial charge on any atom is -0.357 e. The first kappa shape index (κ1) is 29.2. The summed E-state index contributed by atoms with van der Waals surface area (Å²) in [4.78, 5) is 7.70.